The van der Waals surface area contributed by atoms with Crippen molar-refractivity contribution in [1.82, 2.24) is 10.1 Å². The lowest BCUT2D eigenvalue weighted by Crippen LogP contribution is -2.36. The van der Waals surface area contributed by atoms with Crippen molar-refractivity contribution in [2.45, 2.75) is 13.0 Å². The van der Waals surface area contributed by atoms with Gasteiger partial charge in [0.25, 0.3) is 5.91 Å². The lowest BCUT2D eigenvalue weighted by atomic mass is 9.98. The van der Waals surface area contributed by atoms with Crippen LogP contribution in [0, 0.1) is 0 Å². The van der Waals surface area contributed by atoms with E-state index in [2.05, 4.69) is 5.16 Å². The number of hydrogen-bond acceptors (Lipinski definition) is 6. The van der Waals surface area contributed by atoms with Crippen molar-refractivity contribution in [2.75, 3.05) is 27.9 Å². The highest BCUT2D eigenvalue weighted by Crippen LogP contribution is 2.33. The van der Waals surface area contributed by atoms with Gasteiger partial charge in [0.1, 0.15) is 5.75 Å². The van der Waals surface area contributed by atoms with E-state index in [0.717, 1.165) is 23.1 Å². The highest BCUT2D eigenvalue weighted by molar-refractivity contribution is 5.93. The number of methoxy groups -OCH3 is 3. The van der Waals surface area contributed by atoms with Gasteiger partial charge in [0.2, 0.25) is 0 Å². The first-order chi connectivity index (χ1) is 14.1. The Balaban J connectivity index is 1.55. The topological polar surface area (TPSA) is 74.0 Å². The average Bonchev–Trinajstić information content (AvgIpc) is 3.27. The number of aromatic nitrogens is 1. The van der Waals surface area contributed by atoms with Crippen LogP contribution in [-0.2, 0) is 13.0 Å². The summed E-state index contributed by atoms with van der Waals surface area (Å²) in [5.74, 6) is 2.43. The molecule has 1 aliphatic rings. The number of ether oxygens (including phenoxy) is 3. The third-order valence-corrected chi connectivity index (χ3v) is 5.09. The summed E-state index contributed by atoms with van der Waals surface area (Å²) < 4.78 is 21.4. The largest absolute Gasteiger partial charge is 0.497 e. The minimum Gasteiger partial charge on any atom is -0.497 e. The summed E-state index contributed by atoms with van der Waals surface area (Å²) in [5, 5.41) is 3.99. The summed E-state index contributed by atoms with van der Waals surface area (Å²) in [7, 11) is 4.83. The summed E-state index contributed by atoms with van der Waals surface area (Å²) in [5.41, 5.74) is 3.28. The van der Waals surface area contributed by atoms with Gasteiger partial charge in [-0.3, -0.25) is 4.79 Å². The van der Waals surface area contributed by atoms with Crippen LogP contribution in [0.1, 0.15) is 21.6 Å². The zero-order chi connectivity index (χ0) is 20.4. The van der Waals surface area contributed by atoms with Crippen LogP contribution < -0.4 is 14.2 Å². The zero-order valence-electron chi connectivity index (χ0n) is 16.6. The summed E-state index contributed by atoms with van der Waals surface area (Å²) >= 11 is 0. The van der Waals surface area contributed by atoms with E-state index in [1.54, 1.807) is 32.3 Å². The Kier molecular flexibility index (Phi) is 5.12. The number of nitrogens with zero attached hydrogens (tertiary/aromatic N) is 2. The molecule has 3 aromatic rings. The normalized spacial score (nSPS) is 13.0. The summed E-state index contributed by atoms with van der Waals surface area (Å²) in [4.78, 5) is 14.7. The predicted octanol–water partition coefficient (Wildman–Crippen LogP) is 3.57. The molecule has 0 fully saturated rings. The van der Waals surface area contributed by atoms with Crippen LogP contribution in [0.4, 0.5) is 0 Å². The summed E-state index contributed by atoms with van der Waals surface area (Å²) in [6.45, 7) is 1.08. The molecule has 0 spiro atoms. The standard InChI is InChI=1S/C22H22N2O5/c1-26-17-6-4-5-15(9-17)19-12-18(23-29-19)22(25)24-8-7-14-10-20(27-2)21(28-3)11-16(14)13-24/h4-6,9-12H,7-8,13H2,1-3H3. The van der Waals surface area contributed by atoms with Crippen molar-refractivity contribution in [3.8, 4) is 28.6 Å². The molecule has 150 valence electrons. The van der Waals surface area contributed by atoms with E-state index in [9.17, 15) is 4.79 Å². The lowest BCUT2D eigenvalue weighted by Gasteiger charge is -2.29. The molecule has 1 aliphatic heterocycles. The SMILES string of the molecule is COc1cccc(-c2cc(C(=O)N3CCc4cc(OC)c(OC)cc4C3)no2)c1. The second kappa shape index (κ2) is 7.87. The van der Waals surface area contributed by atoms with Gasteiger partial charge in [0, 0.05) is 24.7 Å². The molecule has 0 aliphatic carbocycles. The Bertz CT molecular complexity index is 1040. The van der Waals surface area contributed by atoms with Gasteiger partial charge in [-0.05, 0) is 41.8 Å². The molecule has 0 unspecified atom stereocenters. The highest BCUT2D eigenvalue weighted by Gasteiger charge is 2.26. The molecule has 4 rings (SSSR count). The maximum atomic E-state index is 13.0. The fraction of sp³-hybridized carbons (Fsp3) is 0.273. The van der Waals surface area contributed by atoms with Crippen LogP contribution in [0.2, 0.25) is 0 Å². The first-order valence-corrected chi connectivity index (χ1v) is 9.27. The van der Waals surface area contributed by atoms with Crippen molar-refractivity contribution >= 4 is 5.91 Å². The number of carbonyl (C=O) groups is 1. The number of hydrogen-bond donors (Lipinski definition) is 0. The van der Waals surface area contributed by atoms with Crippen molar-refractivity contribution < 1.29 is 23.5 Å². The van der Waals surface area contributed by atoms with E-state index in [1.807, 2.05) is 36.4 Å². The molecule has 0 bridgehead atoms. The van der Waals surface area contributed by atoms with Crippen LogP contribution in [0.3, 0.4) is 0 Å². The quantitative estimate of drug-likeness (QED) is 0.659. The molecule has 7 heteroatoms. The minimum atomic E-state index is -0.164. The second-order valence-corrected chi connectivity index (χ2v) is 6.76. The van der Waals surface area contributed by atoms with Gasteiger partial charge in [0.15, 0.2) is 23.0 Å². The number of amides is 1. The van der Waals surface area contributed by atoms with E-state index in [0.29, 0.717) is 36.1 Å². The Hall–Kier alpha value is -3.48. The number of carbonyl (C=O) groups excluding carboxylic acids is 1. The van der Waals surface area contributed by atoms with Gasteiger partial charge in [-0.2, -0.15) is 0 Å². The van der Waals surface area contributed by atoms with Crippen LogP contribution in [0.25, 0.3) is 11.3 Å². The van der Waals surface area contributed by atoms with Crippen LogP contribution in [-0.4, -0.2) is 43.8 Å². The molecule has 2 aromatic carbocycles. The number of benzene rings is 2. The summed E-state index contributed by atoms with van der Waals surface area (Å²) in [6, 6.07) is 13.0. The fourth-order valence-corrected chi connectivity index (χ4v) is 3.51. The Morgan fingerprint density at radius 2 is 1.76 bits per heavy atom. The molecule has 1 amide bonds. The summed E-state index contributed by atoms with van der Waals surface area (Å²) in [6.07, 6.45) is 0.738. The van der Waals surface area contributed by atoms with Gasteiger partial charge in [-0.1, -0.05) is 17.3 Å². The molecular weight excluding hydrogens is 372 g/mol. The highest BCUT2D eigenvalue weighted by atomic mass is 16.5. The fourth-order valence-electron chi connectivity index (χ4n) is 3.51. The van der Waals surface area contributed by atoms with E-state index < -0.39 is 0 Å². The second-order valence-electron chi connectivity index (χ2n) is 6.76. The molecule has 0 saturated heterocycles. The van der Waals surface area contributed by atoms with Crippen molar-refractivity contribution in [3.63, 3.8) is 0 Å². The molecule has 0 N–H and O–H groups in total. The van der Waals surface area contributed by atoms with Crippen LogP contribution in [0.5, 0.6) is 17.2 Å². The molecule has 0 radical (unpaired) electrons. The molecular formula is C22H22N2O5. The molecule has 0 saturated carbocycles. The van der Waals surface area contributed by atoms with Crippen molar-refractivity contribution in [3.05, 3.63) is 59.3 Å². The van der Waals surface area contributed by atoms with Crippen LogP contribution >= 0.6 is 0 Å². The Morgan fingerprint density at radius 3 is 2.48 bits per heavy atom. The van der Waals surface area contributed by atoms with Crippen molar-refractivity contribution in [1.29, 1.82) is 0 Å². The Labute approximate surface area is 168 Å². The van der Waals surface area contributed by atoms with Gasteiger partial charge in [-0.15, -0.1) is 0 Å². The predicted molar refractivity (Wildman–Crippen MR) is 106 cm³/mol. The smallest absolute Gasteiger partial charge is 0.276 e. The first-order valence-electron chi connectivity index (χ1n) is 9.27. The van der Waals surface area contributed by atoms with Gasteiger partial charge >= 0.3 is 0 Å². The molecule has 7 nitrogen and oxygen atoms in total. The third-order valence-electron chi connectivity index (χ3n) is 5.09. The van der Waals surface area contributed by atoms with E-state index in [-0.39, 0.29) is 11.6 Å². The minimum absolute atomic E-state index is 0.164. The van der Waals surface area contributed by atoms with Crippen molar-refractivity contribution in [2.24, 2.45) is 0 Å². The van der Waals surface area contributed by atoms with E-state index >= 15 is 0 Å². The maximum absolute atomic E-state index is 13.0. The molecule has 0 atom stereocenters. The van der Waals surface area contributed by atoms with Crippen LogP contribution in [0.15, 0.2) is 47.0 Å². The molecule has 1 aromatic heterocycles. The van der Waals surface area contributed by atoms with Gasteiger partial charge in [-0.25, -0.2) is 0 Å². The first kappa shape index (κ1) is 18.9. The van der Waals surface area contributed by atoms with Gasteiger partial charge in [0.05, 0.1) is 21.3 Å². The number of fused-ring (bicyclic) bond motifs is 1. The maximum Gasteiger partial charge on any atom is 0.276 e. The molecule has 2 heterocycles. The third kappa shape index (κ3) is 3.63. The Morgan fingerprint density at radius 1 is 1.00 bits per heavy atom. The zero-order valence-corrected chi connectivity index (χ0v) is 16.6. The van der Waals surface area contributed by atoms with E-state index in [4.69, 9.17) is 18.7 Å². The number of rotatable bonds is 5. The molecule has 29 heavy (non-hydrogen) atoms. The van der Waals surface area contributed by atoms with E-state index in [1.165, 1.54) is 0 Å². The average molecular weight is 394 g/mol. The lowest BCUT2D eigenvalue weighted by molar-refractivity contribution is 0.0724. The van der Waals surface area contributed by atoms with Gasteiger partial charge < -0.3 is 23.6 Å². The monoisotopic (exact) mass is 394 g/mol.